The summed E-state index contributed by atoms with van der Waals surface area (Å²) in [7, 11) is 0. The lowest BCUT2D eigenvalue weighted by Gasteiger charge is -2.17. The number of halogens is 1. The highest BCUT2D eigenvalue weighted by molar-refractivity contribution is 6.29. The smallest absolute Gasteiger partial charge is 0.271 e. The summed E-state index contributed by atoms with van der Waals surface area (Å²) in [6.45, 7) is 14.2. The number of aromatic nitrogens is 8. The summed E-state index contributed by atoms with van der Waals surface area (Å²) in [4.78, 5) is 40.3. The predicted octanol–water partition coefficient (Wildman–Crippen LogP) is 1.74. The number of rotatable bonds is 10. The van der Waals surface area contributed by atoms with Crippen molar-refractivity contribution in [1.29, 1.82) is 0 Å². The van der Waals surface area contributed by atoms with Gasteiger partial charge < -0.3 is 44.6 Å². The Balaban J connectivity index is 0.000000309. The summed E-state index contributed by atoms with van der Waals surface area (Å²) in [6, 6.07) is 6.48. The average molecular weight is 697 g/mol. The van der Waals surface area contributed by atoms with Crippen LogP contribution >= 0.6 is 11.6 Å². The highest BCUT2D eigenvalue weighted by atomic mass is 35.5. The van der Waals surface area contributed by atoms with Crippen molar-refractivity contribution >= 4 is 52.2 Å². The van der Waals surface area contributed by atoms with Gasteiger partial charge in [0.05, 0.1) is 11.4 Å². The van der Waals surface area contributed by atoms with E-state index >= 15 is 0 Å². The number of carbonyl (C=O) groups is 2. The molecule has 4 aromatic heterocycles. The second-order valence-corrected chi connectivity index (χ2v) is 12.6. The van der Waals surface area contributed by atoms with E-state index in [1.54, 1.807) is 30.6 Å². The molecule has 2 amide bonds. The maximum absolute atomic E-state index is 11.6. The Morgan fingerprint density at radius 1 is 0.673 bits per heavy atom. The molecule has 13 N–H and O–H groups in total. The minimum atomic E-state index is -0.702. The maximum Gasteiger partial charge on any atom is 0.271 e. The predicted molar refractivity (Wildman–Crippen MR) is 190 cm³/mol. The number of hydrogen-bond acceptors (Lipinski definition) is 16. The van der Waals surface area contributed by atoms with Gasteiger partial charge in [-0.25, -0.2) is 19.9 Å². The molecule has 0 aliphatic carbocycles. The van der Waals surface area contributed by atoms with Crippen LogP contribution in [-0.4, -0.2) is 78.3 Å². The van der Waals surface area contributed by atoms with Crippen LogP contribution in [0.1, 0.15) is 74.2 Å². The molecule has 0 saturated heterocycles. The Bertz CT molecular complexity index is 1690. The van der Waals surface area contributed by atoms with Gasteiger partial charge in [0.2, 0.25) is 0 Å². The van der Waals surface area contributed by atoms with E-state index in [0.717, 1.165) is 0 Å². The topological polar surface area (TPSA) is 303 Å². The molecule has 0 atom stereocenters. The van der Waals surface area contributed by atoms with E-state index in [4.69, 9.17) is 40.3 Å². The van der Waals surface area contributed by atoms with Gasteiger partial charge in [-0.2, -0.15) is 0 Å². The Hall–Kier alpha value is -5.17. The molecule has 18 nitrogen and oxygen atoms in total. The van der Waals surface area contributed by atoms with Crippen LogP contribution in [0, 0.1) is 0 Å². The molecule has 4 aromatic rings. The van der Waals surface area contributed by atoms with E-state index in [1.165, 1.54) is 6.07 Å². The van der Waals surface area contributed by atoms with Gasteiger partial charge in [-0.05, 0) is 12.1 Å². The minimum Gasteiger partial charge on any atom is -0.367 e. The largest absolute Gasteiger partial charge is 0.367 e. The van der Waals surface area contributed by atoms with Gasteiger partial charge in [0.15, 0.2) is 22.4 Å². The zero-order valence-electron chi connectivity index (χ0n) is 28.5. The quantitative estimate of drug-likeness (QED) is 0.117. The van der Waals surface area contributed by atoms with Crippen LogP contribution in [0.15, 0.2) is 36.7 Å². The van der Waals surface area contributed by atoms with Crippen LogP contribution in [0.2, 0.25) is 5.15 Å². The normalized spacial score (nSPS) is 10.9. The van der Waals surface area contributed by atoms with E-state index < -0.39 is 11.8 Å². The standard InChI is InChI=1S/C15H22N8O.C13H15ClN6O.C2H8N2/c1-15(2,3)14-19-6-4-10(21-14)20-9-8-11(18-7-5-16)22-23-12(9)13(17)24;1-13(2,3)12-16-5-4-9(18-12)17-7-6-8(14)19-20-10(7)11(15)21;3-1-2-4/h4,6,8H,5,7,16H2,1-3H3,(H2,17,24)(H2,18,19,20,21,22);4-6H,1-3H3,(H2,15,21)(H,16,17,18,19);1-4H2. The van der Waals surface area contributed by atoms with Crippen molar-refractivity contribution in [2.75, 3.05) is 42.1 Å². The Morgan fingerprint density at radius 3 is 1.53 bits per heavy atom. The average Bonchev–Trinajstić information content (AvgIpc) is 3.03. The van der Waals surface area contributed by atoms with E-state index in [2.05, 4.69) is 56.3 Å². The Morgan fingerprint density at radius 2 is 1.12 bits per heavy atom. The maximum atomic E-state index is 11.6. The number of primary amides is 2. The van der Waals surface area contributed by atoms with Crippen LogP contribution in [-0.2, 0) is 10.8 Å². The van der Waals surface area contributed by atoms with E-state index in [0.29, 0.717) is 66.7 Å². The van der Waals surface area contributed by atoms with Crippen LogP contribution in [0.4, 0.5) is 28.8 Å². The number of anilines is 5. The molecule has 49 heavy (non-hydrogen) atoms. The van der Waals surface area contributed by atoms with Crippen LogP contribution < -0.4 is 44.6 Å². The van der Waals surface area contributed by atoms with Crippen molar-refractivity contribution in [2.45, 2.75) is 52.4 Å². The van der Waals surface area contributed by atoms with Crippen LogP contribution in [0.3, 0.4) is 0 Å². The number of amides is 2. The summed E-state index contributed by atoms with van der Waals surface area (Å²) < 4.78 is 0. The summed E-state index contributed by atoms with van der Waals surface area (Å²) in [5, 5.41) is 24.2. The van der Waals surface area contributed by atoms with Crippen LogP contribution in [0.5, 0.6) is 0 Å². The van der Waals surface area contributed by atoms with Crippen molar-refractivity contribution < 1.29 is 9.59 Å². The molecule has 4 heterocycles. The van der Waals surface area contributed by atoms with Gasteiger partial charge in [0.25, 0.3) is 11.8 Å². The SMILES string of the molecule is CC(C)(C)c1nccc(Nc2cc(Cl)nnc2C(N)=O)n1.CC(C)(C)c1nccc(Nc2cc(NCCN)nnc2C(N)=O)n1.NCCN. The molecule has 0 aromatic carbocycles. The highest BCUT2D eigenvalue weighted by Gasteiger charge is 2.20. The zero-order chi connectivity index (χ0) is 36.8. The second kappa shape index (κ2) is 18.4. The molecule has 0 unspecified atom stereocenters. The molecular weight excluding hydrogens is 652 g/mol. The van der Waals surface area contributed by atoms with Crippen molar-refractivity contribution in [3.05, 3.63) is 64.8 Å². The third-order valence-electron chi connectivity index (χ3n) is 5.82. The van der Waals surface area contributed by atoms with E-state index in [1.807, 2.05) is 41.5 Å². The lowest BCUT2D eigenvalue weighted by molar-refractivity contribution is 0.0987. The molecule has 0 aliphatic heterocycles. The molecule has 0 bridgehead atoms. The lowest BCUT2D eigenvalue weighted by atomic mass is 9.96. The molecule has 0 fully saturated rings. The lowest BCUT2D eigenvalue weighted by Crippen LogP contribution is -2.19. The van der Waals surface area contributed by atoms with Gasteiger partial charge in [-0.1, -0.05) is 53.1 Å². The van der Waals surface area contributed by atoms with Crippen molar-refractivity contribution in [3.63, 3.8) is 0 Å². The monoisotopic (exact) mass is 696 g/mol. The van der Waals surface area contributed by atoms with Crippen molar-refractivity contribution in [3.8, 4) is 0 Å². The van der Waals surface area contributed by atoms with Gasteiger partial charge in [-0.15, -0.1) is 20.4 Å². The fourth-order valence-electron chi connectivity index (χ4n) is 3.46. The van der Waals surface area contributed by atoms with Crippen molar-refractivity contribution in [1.82, 2.24) is 40.3 Å². The Labute approximate surface area is 289 Å². The van der Waals surface area contributed by atoms with Gasteiger partial charge in [0.1, 0.15) is 23.3 Å². The molecular formula is C30H45ClN16O2. The molecule has 0 aliphatic rings. The molecule has 0 spiro atoms. The first-order valence-electron chi connectivity index (χ1n) is 15.1. The number of nitrogens with one attached hydrogen (secondary N) is 3. The fourth-order valence-corrected chi connectivity index (χ4v) is 3.60. The van der Waals surface area contributed by atoms with Crippen LogP contribution in [0.25, 0.3) is 0 Å². The molecule has 4 rings (SSSR count). The molecule has 0 saturated carbocycles. The summed E-state index contributed by atoms with van der Waals surface area (Å²) >= 11 is 5.79. The molecule has 0 radical (unpaired) electrons. The number of hydrogen-bond donors (Lipinski definition) is 8. The number of carbonyl (C=O) groups excluding carboxylic acids is 2. The number of nitrogens with two attached hydrogens (primary N) is 5. The summed E-state index contributed by atoms with van der Waals surface area (Å²) in [5.74, 6) is 1.50. The van der Waals surface area contributed by atoms with Gasteiger partial charge in [0, 0.05) is 61.5 Å². The van der Waals surface area contributed by atoms with Gasteiger partial charge >= 0.3 is 0 Å². The van der Waals surface area contributed by atoms with Crippen molar-refractivity contribution in [2.24, 2.45) is 28.7 Å². The minimum absolute atomic E-state index is 0.00433. The third-order valence-corrected chi connectivity index (χ3v) is 6.00. The summed E-state index contributed by atoms with van der Waals surface area (Å²) in [5.41, 5.74) is 26.3. The van der Waals surface area contributed by atoms with Gasteiger partial charge in [-0.3, -0.25) is 9.59 Å². The highest BCUT2D eigenvalue weighted by Crippen LogP contribution is 2.24. The molecule has 19 heteroatoms. The molecule has 264 valence electrons. The Kier molecular flexibility index (Phi) is 15.0. The first-order chi connectivity index (χ1) is 23.0. The second-order valence-electron chi connectivity index (χ2n) is 12.2. The zero-order valence-corrected chi connectivity index (χ0v) is 29.2. The third kappa shape index (κ3) is 13.1. The fraction of sp³-hybridized carbons (Fsp3) is 0.400. The number of nitrogens with zero attached hydrogens (tertiary/aromatic N) is 8. The van der Waals surface area contributed by atoms with E-state index in [9.17, 15) is 9.59 Å². The summed E-state index contributed by atoms with van der Waals surface area (Å²) in [6.07, 6.45) is 3.29. The first kappa shape index (κ1) is 40.0. The first-order valence-corrected chi connectivity index (χ1v) is 15.4. The van der Waals surface area contributed by atoms with E-state index in [-0.39, 0.29) is 27.4 Å².